The van der Waals surface area contributed by atoms with Crippen LogP contribution in [0.4, 0.5) is 0 Å². The molecule has 0 bridgehead atoms. The Morgan fingerprint density at radius 3 is 2.61 bits per heavy atom. The third kappa shape index (κ3) is 2.61. The molecule has 4 nitrogen and oxygen atoms in total. The lowest BCUT2D eigenvalue weighted by Gasteiger charge is -1.99. The summed E-state index contributed by atoms with van der Waals surface area (Å²) in [6, 6.07) is 7.46. The molecule has 0 amide bonds. The molecule has 94 valence electrons. The molecule has 2 rings (SSSR count). The summed E-state index contributed by atoms with van der Waals surface area (Å²) in [4.78, 5) is 11.2. The highest BCUT2D eigenvalue weighted by atomic mass is 79.9. The van der Waals surface area contributed by atoms with Crippen LogP contribution in [-0.2, 0) is 6.54 Å². The summed E-state index contributed by atoms with van der Waals surface area (Å²) in [5.74, 6) is -0.949. The average molecular weight is 309 g/mol. The maximum atomic E-state index is 11.2. The van der Waals surface area contributed by atoms with Gasteiger partial charge in [-0.2, -0.15) is 5.10 Å². The number of hydrogen-bond donors (Lipinski definition) is 1. The van der Waals surface area contributed by atoms with Gasteiger partial charge in [0.05, 0.1) is 0 Å². The van der Waals surface area contributed by atoms with Crippen LogP contribution in [0.3, 0.4) is 0 Å². The first-order valence-corrected chi connectivity index (χ1v) is 6.47. The number of nitrogens with zero attached hydrogens (tertiary/aromatic N) is 2. The maximum Gasteiger partial charge on any atom is 0.339 e. The van der Waals surface area contributed by atoms with Gasteiger partial charge in [0.25, 0.3) is 0 Å². The molecule has 5 heteroatoms. The summed E-state index contributed by atoms with van der Waals surface area (Å²) in [5, 5.41) is 13.5. The highest BCUT2D eigenvalue weighted by molar-refractivity contribution is 9.10. The van der Waals surface area contributed by atoms with Crippen molar-refractivity contribution in [3.63, 3.8) is 0 Å². The SMILES string of the molecule is CCCn1cc(C(=O)O)c(-c2ccc(Br)cc2)n1. The van der Waals surface area contributed by atoms with E-state index in [1.165, 1.54) is 0 Å². The molecule has 0 spiro atoms. The molecule has 0 fully saturated rings. The van der Waals surface area contributed by atoms with Gasteiger partial charge < -0.3 is 5.11 Å². The van der Waals surface area contributed by atoms with E-state index in [2.05, 4.69) is 21.0 Å². The molecule has 0 aliphatic rings. The number of carboxylic acid groups (broad SMARTS) is 1. The van der Waals surface area contributed by atoms with Crippen molar-refractivity contribution in [2.75, 3.05) is 0 Å². The summed E-state index contributed by atoms with van der Waals surface area (Å²) in [6.07, 6.45) is 2.50. The van der Waals surface area contributed by atoms with Crippen LogP contribution >= 0.6 is 15.9 Å². The molecule has 1 heterocycles. The summed E-state index contributed by atoms with van der Waals surface area (Å²) in [7, 11) is 0. The van der Waals surface area contributed by atoms with E-state index >= 15 is 0 Å². The molecule has 0 aliphatic carbocycles. The largest absolute Gasteiger partial charge is 0.478 e. The fourth-order valence-corrected chi connectivity index (χ4v) is 2.01. The van der Waals surface area contributed by atoms with Crippen LogP contribution in [0.25, 0.3) is 11.3 Å². The molecule has 0 unspecified atom stereocenters. The number of aryl methyl sites for hydroxylation is 1. The van der Waals surface area contributed by atoms with E-state index in [0.717, 1.165) is 23.0 Å². The third-order valence-corrected chi connectivity index (χ3v) is 3.09. The molecule has 2 aromatic rings. The summed E-state index contributed by atoms with van der Waals surface area (Å²) < 4.78 is 2.64. The minimum absolute atomic E-state index is 0.241. The Kier molecular flexibility index (Phi) is 3.81. The zero-order valence-corrected chi connectivity index (χ0v) is 11.5. The monoisotopic (exact) mass is 308 g/mol. The van der Waals surface area contributed by atoms with Crippen molar-refractivity contribution in [2.45, 2.75) is 19.9 Å². The van der Waals surface area contributed by atoms with Crippen molar-refractivity contribution in [1.29, 1.82) is 0 Å². The molecule has 1 aromatic carbocycles. The summed E-state index contributed by atoms with van der Waals surface area (Å²) in [5.41, 5.74) is 1.57. The second kappa shape index (κ2) is 5.35. The number of carbonyl (C=O) groups is 1. The minimum Gasteiger partial charge on any atom is -0.478 e. The number of aromatic nitrogens is 2. The first kappa shape index (κ1) is 12.8. The zero-order valence-electron chi connectivity index (χ0n) is 9.93. The molecular formula is C13H13BrN2O2. The molecule has 0 atom stereocenters. The van der Waals surface area contributed by atoms with Crippen molar-refractivity contribution in [1.82, 2.24) is 9.78 Å². The number of hydrogen-bond acceptors (Lipinski definition) is 2. The van der Waals surface area contributed by atoms with Gasteiger partial charge in [-0.1, -0.05) is 35.0 Å². The number of benzene rings is 1. The van der Waals surface area contributed by atoms with Crippen LogP contribution in [-0.4, -0.2) is 20.9 Å². The van der Waals surface area contributed by atoms with Crippen molar-refractivity contribution in [3.8, 4) is 11.3 Å². The first-order valence-electron chi connectivity index (χ1n) is 5.68. The van der Waals surface area contributed by atoms with E-state index in [4.69, 9.17) is 0 Å². The van der Waals surface area contributed by atoms with E-state index in [1.54, 1.807) is 10.9 Å². The molecule has 0 radical (unpaired) electrons. The smallest absolute Gasteiger partial charge is 0.339 e. The maximum absolute atomic E-state index is 11.2. The topological polar surface area (TPSA) is 55.1 Å². The predicted octanol–water partition coefficient (Wildman–Crippen LogP) is 3.42. The van der Waals surface area contributed by atoms with E-state index < -0.39 is 5.97 Å². The summed E-state index contributed by atoms with van der Waals surface area (Å²) >= 11 is 3.35. The number of aromatic carboxylic acids is 1. The summed E-state index contributed by atoms with van der Waals surface area (Å²) in [6.45, 7) is 2.75. The lowest BCUT2D eigenvalue weighted by Crippen LogP contribution is -1.97. The second-order valence-electron chi connectivity index (χ2n) is 3.97. The van der Waals surface area contributed by atoms with Crippen LogP contribution in [0.15, 0.2) is 34.9 Å². The Bertz CT molecular complexity index is 561. The number of rotatable bonds is 4. The average Bonchev–Trinajstić information content (AvgIpc) is 2.75. The molecular weight excluding hydrogens is 296 g/mol. The standard InChI is InChI=1S/C13H13BrN2O2/c1-2-7-16-8-11(13(17)18)12(15-16)9-3-5-10(14)6-4-9/h3-6,8H,2,7H2,1H3,(H,17,18). The molecule has 0 aliphatic heterocycles. The van der Waals surface area contributed by atoms with Crippen LogP contribution in [0.1, 0.15) is 23.7 Å². The lowest BCUT2D eigenvalue weighted by atomic mass is 10.1. The molecule has 0 saturated carbocycles. The van der Waals surface area contributed by atoms with E-state index in [1.807, 2.05) is 31.2 Å². The van der Waals surface area contributed by atoms with Crippen LogP contribution < -0.4 is 0 Å². The Hall–Kier alpha value is -1.62. The fraction of sp³-hybridized carbons (Fsp3) is 0.231. The Labute approximate surface area is 113 Å². The van der Waals surface area contributed by atoms with E-state index in [9.17, 15) is 9.90 Å². The third-order valence-electron chi connectivity index (χ3n) is 2.56. The van der Waals surface area contributed by atoms with Crippen LogP contribution in [0.5, 0.6) is 0 Å². The highest BCUT2D eigenvalue weighted by Crippen LogP contribution is 2.24. The Morgan fingerprint density at radius 2 is 2.06 bits per heavy atom. The predicted molar refractivity (Wildman–Crippen MR) is 72.6 cm³/mol. The van der Waals surface area contributed by atoms with Crippen molar-refractivity contribution in [2.24, 2.45) is 0 Å². The molecule has 1 N–H and O–H groups in total. The van der Waals surface area contributed by atoms with Crippen molar-refractivity contribution >= 4 is 21.9 Å². The lowest BCUT2D eigenvalue weighted by molar-refractivity contribution is 0.0697. The molecule has 1 aromatic heterocycles. The van der Waals surface area contributed by atoms with Crippen molar-refractivity contribution in [3.05, 3.63) is 40.5 Å². The number of carboxylic acids is 1. The van der Waals surface area contributed by atoms with Gasteiger partial charge >= 0.3 is 5.97 Å². The molecule has 0 saturated heterocycles. The van der Waals surface area contributed by atoms with Crippen LogP contribution in [0, 0.1) is 0 Å². The first-order chi connectivity index (χ1) is 8.61. The Balaban J connectivity index is 2.47. The zero-order chi connectivity index (χ0) is 13.1. The van der Waals surface area contributed by atoms with Gasteiger partial charge in [0.15, 0.2) is 0 Å². The van der Waals surface area contributed by atoms with Gasteiger partial charge in [-0.15, -0.1) is 0 Å². The van der Waals surface area contributed by atoms with Gasteiger partial charge in [-0.05, 0) is 18.6 Å². The Morgan fingerprint density at radius 1 is 1.39 bits per heavy atom. The second-order valence-corrected chi connectivity index (χ2v) is 4.88. The van der Waals surface area contributed by atoms with Gasteiger partial charge in [-0.25, -0.2) is 4.79 Å². The van der Waals surface area contributed by atoms with Gasteiger partial charge in [0, 0.05) is 22.8 Å². The van der Waals surface area contributed by atoms with Crippen molar-refractivity contribution < 1.29 is 9.90 Å². The number of halogens is 1. The quantitative estimate of drug-likeness (QED) is 0.941. The van der Waals surface area contributed by atoms with Gasteiger partial charge in [0.1, 0.15) is 11.3 Å². The van der Waals surface area contributed by atoms with Gasteiger partial charge in [0.2, 0.25) is 0 Å². The minimum atomic E-state index is -0.949. The van der Waals surface area contributed by atoms with E-state index in [0.29, 0.717) is 5.69 Å². The van der Waals surface area contributed by atoms with E-state index in [-0.39, 0.29) is 5.56 Å². The normalized spacial score (nSPS) is 10.6. The van der Waals surface area contributed by atoms with Crippen LogP contribution in [0.2, 0.25) is 0 Å². The molecule has 18 heavy (non-hydrogen) atoms. The van der Waals surface area contributed by atoms with Gasteiger partial charge in [-0.3, -0.25) is 4.68 Å². The highest BCUT2D eigenvalue weighted by Gasteiger charge is 2.16. The fourth-order valence-electron chi connectivity index (χ4n) is 1.74.